The Morgan fingerprint density at radius 2 is 2.12 bits per heavy atom. The van der Waals surface area contributed by atoms with Crippen molar-refractivity contribution in [2.75, 3.05) is 14.2 Å². The molecule has 4 nitrogen and oxygen atoms in total. The average Bonchev–Trinajstić information content (AvgIpc) is 2.39. The normalized spacial score (nSPS) is 14.4. The number of hydrazine groups is 1. The molecule has 0 saturated carbocycles. The third kappa shape index (κ3) is 4.00. The summed E-state index contributed by atoms with van der Waals surface area (Å²) in [6, 6.07) is 8.11. The van der Waals surface area contributed by atoms with Crippen molar-refractivity contribution in [3.63, 3.8) is 0 Å². The predicted molar refractivity (Wildman–Crippen MR) is 68.9 cm³/mol. The van der Waals surface area contributed by atoms with Crippen LogP contribution in [0, 0.1) is 0 Å². The van der Waals surface area contributed by atoms with Gasteiger partial charge in [-0.25, -0.2) is 0 Å². The highest BCUT2D eigenvalue weighted by Crippen LogP contribution is 2.16. The lowest BCUT2D eigenvalue weighted by atomic mass is 10.00. The molecular formula is C13H22N2O2. The van der Waals surface area contributed by atoms with Gasteiger partial charge in [-0.2, -0.15) is 0 Å². The van der Waals surface area contributed by atoms with Crippen molar-refractivity contribution in [2.24, 2.45) is 5.84 Å². The Morgan fingerprint density at radius 3 is 2.65 bits per heavy atom. The molecule has 2 atom stereocenters. The lowest BCUT2D eigenvalue weighted by Gasteiger charge is -2.24. The molecule has 0 heterocycles. The highest BCUT2D eigenvalue weighted by molar-refractivity contribution is 5.29. The van der Waals surface area contributed by atoms with E-state index < -0.39 is 0 Å². The summed E-state index contributed by atoms with van der Waals surface area (Å²) in [5.74, 6) is 6.45. The summed E-state index contributed by atoms with van der Waals surface area (Å²) in [5, 5.41) is 0. The van der Waals surface area contributed by atoms with Crippen LogP contribution in [0.4, 0.5) is 0 Å². The van der Waals surface area contributed by atoms with E-state index in [0.717, 1.165) is 18.6 Å². The van der Waals surface area contributed by atoms with Gasteiger partial charge in [0.05, 0.1) is 19.3 Å². The first-order valence-corrected chi connectivity index (χ1v) is 5.87. The lowest BCUT2D eigenvalue weighted by Crippen LogP contribution is -2.46. The number of nitrogens with two attached hydrogens (primary N) is 1. The van der Waals surface area contributed by atoms with E-state index in [9.17, 15) is 0 Å². The summed E-state index contributed by atoms with van der Waals surface area (Å²) in [4.78, 5) is 0. The molecule has 0 saturated heterocycles. The van der Waals surface area contributed by atoms with Gasteiger partial charge in [0.25, 0.3) is 0 Å². The molecule has 96 valence electrons. The fourth-order valence-corrected chi connectivity index (χ4v) is 1.97. The Morgan fingerprint density at radius 1 is 1.35 bits per heavy atom. The van der Waals surface area contributed by atoms with E-state index >= 15 is 0 Å². The first kappa shape index (κ1) is 14.0. The van der Waals surface area contributed by atoms with Crippen molar-refractivity contribution in [3.8, 4) is 5.75 Å². The zero-order valence-electron chi connectivity index (χ0n) is 10.8. The zero-order valence-corrected chi connectivity index (χ0v) is 10.8. The largest absolute Gasteiger partial charge is 0.497 e. The quantitative estimate of drug-likeness (QED) is 0.558. The van der Waals surface area contributed by atoms with Crippen LogP contribution in [0.5, 0.6) is 5.75 Å². The monoisotopic (exact) mass is 238 g/mol. The number of ether oxygens (including phenoxy) is 2. The van der Waals surface area contributed by atoms with Crippen LogP contribution < -0.4 is 16.0 Å². The van der Waals surface area contributed by atoms with Crippen LogP contribution >= 0.6 is 0 Å². The van der Waals surface area contributed by atoms with E-state index in [1.807, 2.05) is 18.2 Å². The summed E-state index contributed by atoms with van der Waals surface area (Å²) in [6.45, 7) is 2.09. The lowest BCUT2D eigenvalue weighted by molar-refractivity contribution is 0.0653. The Labute approximate surface area is 103 Å². The number of rotatable bonds is 7. The Kier molecular flexibility index (Phi) is 5.97. The van der Waals surface area contributed by atoms with E-state index in [-0.39, 0.29) is 12.1 Å². The summed E-state index contributed by atoms with van der Waals surface area (Å²) in [6.07, 6.45) is 1.86. The van der Waals surface area contributed by atoms with Crippen molar-refractivity contribution < 1.29 is 9.47 Å². The zero-order chi connectivity index (χ0) is 12.7. The minimum atomic E-state index is 0.108. The molecule has 17 heavy (non-hydrogen) atoms. The van der Waals surface area contributed by atoms with E-state index in [1.165, 1.54) is 5.56 Å². The average molecular weight is 238 g/mol. The van der Waals surface area contributed by atoms with E-state index in [2.05, 4.69) is 18.4 Å². The molecule has 0 radical (unpaired) electrons. The number of hydrogen-bond acceptors (Lipinski definition) is 4. The van der Waals surface area contributed by atoms with Gasteiger partial charge in [0, 0.05) is 7.11 Å². The molecule has 2 unspecified atom stereocenters. The van der Waals surface area contributed by atoms with Gasteiger partial charge < -0.3 is 9.47 Å². The predicted octanol–water partition coefficient (Wildman–Crippen LogP) is 1.49. The van der Waals surface area contributed by atoms with Gasteiger partial charge >= 0.3 is 0 Å². The topological polar surface area (TPSA) is 56.5 Å². The van der Waals surface area contributed by atoms with Gasteiger partial charge in [0.15, 0.2) is 0 Å². The maximum atomic E-state index is 5.58. The highest BCUT2D eigenvalue weighted by Gasteiger charge is 2.18. The molecule has 1 aromatic carbocycles. The SMILES string of the molecule is CCC(OC)C(Cc1cccc(OC)c1)NN. The fourth-order valence-electron chi connectivity index (χ4n) is 1.97. The number of hydrogen-bond donors (Lipinski definition) is 2. The third-order valence-corrected chi connectivity index (χ3v) is 2.96. The molecule has 0 amide bonds. The first-order chi connectivity index (χ1) is 8.24. The number of benzene rings is 1. The van der Waals surface area contributed by atoms with Crippen molar-refractivity contribution in [1.29, 1.82) is 0 Å². The van der Waals surface area contributed by atoms with Crippen LogP contribution in [0.1, 0.15) is 18.9 Å². The van der Waals surface area contributed by atoms with Crippen molar-refractivity contribution in [3.05, 3.63) is 29.8 Å². The highest BCUT2D eigenvalue weighted by atomic mass is 16.5. The second-order valence-electron chi connectivity index (χ2n) is 4.01. The summed E-state index contributed by atoms with van der Waals surface area (Å²) < 4.78 is 10.6. The second-order valence-corrected chi connectivity index (χ2v) is 4.01. The van der Waals surface area contributed by atoms with E-state index in [0.29, 0.717) is 0 Å². The molecule has 0 fully saturated rings. The van der Waals surface area contributed by atoms with Gasteiger partial charge in [0.2, 0.25) is 0 Å². The minimum absolute atomic E-state index is 0.108. The molecular weight excluding hydrogens is 216 g/mol. The maximum Gasteiger partial charge on any atom is 0.119 e. The Hall–Kier alpha value is -1.10. The molecule has 0 aliphatic heterocycles. The van der Waals surface area contributed by atoms with Gasteiger partial charge in [-0.15, -0.1) is 0 Å². The van der Waals surface area contributed by atoms with Gasteiger partial charge in [0.1, 0.15) is 5.75 Å². The molecule has 1 aromatic rings. The van der Waals surface area contributed by atoms with Gasteiger partial charge in [-0.05, 0) is 30.5 Å². The number of nitrogens with one attached hydrogen (secondary N) is 1. The summed E-state index contributed by atoms with van der Waals surface area (Å²) >= 11 is 0. The minimum Gasteiger partial charge on any atom is -0.497 e. The van der Waals surface area contributed by atoms with Crippen LogP contribution in [0.25, 0.3) is 0 Å². The number of methoxy groups -OCH3 is 2. The fraction of sp³-hybridized carbons (Fsp3) is 0.538. The van der Waals surface area contributed by atoms with Gasteiger partial charge in [-0.1, -0.05) is 19.1 Å². The van der Waals surface area contributed by atoms with Crippen LogP contribution in [0.2, 0.25) is 0 Å². The van der Waals surface area contributed by atoms with Gasteiger partial charge in [-0.3, -0.25) is 11.3 Å². The van der Waals surface area contributed by atoms with E-state index in [1.54, 1.807) is 14.2 Å². The second kappa shape index (κ2) is 7.27. The van der Waals surface area contributed by atoms with Crippen molar-refractivity contribution in [2.45, 2.75) is 31.9 Å². The molecule has 3 N–H and O–H groups in total. The molecule has 4 heteroatoms. The molecule has 0 bridgehead atoms. The third-order valence-electron chi connectivity index (χ3n) is 2.96. The van der Waals surface area contributed by atoms with Crippen molar-refractivity contribution >= 4 is 0 Å². The molecule has 0 aliphatic carbocycles. The Bertz CT molecular complexity index is 327. The van der Waals surface area contributed by atoms with Crippen LogP contribution in [-0.4, -0.2) is 26.4 Å². The summed E-state index contributed by atoms with van der Waals surface area (Å²) in [7, 11) is 3.38. The summed E-state index contributed by atoms with van der Waals surface area (Å²) in [5.41, 5.74) is 4.01. The Balaban J connectivity index is 2.72. The van der Waals surface area contributed by atoms with Crippen LogP contribution in [-0.2, 0) is 11.2 Å². The van der Waals surface area contributed by atoms with E-state index in [4.69, 9.17) is 15.3 Å². The van der Waals surface area contributed by atoms with Crippen LogP contribution in [0.3, 0.4) is 0 Å². The smallest absolute Gasteiger partial charge is 0.119 e. The first-order valence-electron chi connectivity index (χ1n) is 5.87. The van der Waals surface area contributed by atoms with Crippen LogP contribution in [0.15, 0.2) is 24.3 Å². The molecule has 0 aromatic heterocycles. The van der Waals surface area contributed by atoms with Crippen molar-refractivity contribution in [1.82, 2.24) is 5.43 Å². The maximum absolute atomic E-state index is 5.58. The molecule has 1 rings (SSSR count). The molecule has 0 spiro atoms. The molecule has 0 aliphatic rings. The standard InChI is InChI=1S/C13H22N2O2/c1-4-13(17-3)12(15-14)9-10-6-5-7-11(8-10)16-2/h5-8,12-13,15H,4,9,14H2,1-3H3.